The van der Waals surface area contributed by atoms with E-state index >= 15 is 0 Å². The molecule has 0 bridgehead atoms. The second-order valence-corrected chi connectivity index (χ2v) is 6.61. The summed E-state index contributed by atoms with van der Waals surface area (Å²) in [5.41, 5.74) is 2.75. The molecule has 0 spiro atoms. The molecule has 1 aromatic carbocycles. The highest BCUT2D eigenvalue weighted by molar-refractivity contribution is 6.00. The number of amides is 1. The van der Waals surface area contributed by atoms with Crippen LogP contribution < -0.4 is 0 Å². The number of nitriles is 1. The van der Waals surface area contributed by atoms with E-state index in [1.165, 1.54) is 0 Å². The number of imidazole rings is 1. The minimum absolute atomic E-state index is 0.196. The van der Waals surface area contributed by atoms with Crippen molar-refractivity contribution in [2.45, 2.75) is 25.3 Å². The molecule has 0 atom stereocenters. The van der Waals surface area contributed by atoms with E-state index in [9.17, 15) is 10.1 Å². The first-order valence-corrected chi connectivity index (χ1v) is 8.36. The molecule has 1 aliphatic heterocycles. The number of aromatic nitrogens is 4. The topological polar surface area (TPSA) is 101 Å². The number of carbonyl (C=O) groups is 1. The van der Waals surface area contributed by atoms with Crippen LogP contribution in [-0.2, 0) is 6.54 Å². The summed E-state index contributed by atoms with van der Waals surface area (Å²) < 4.78 is 7.19. The van der Waals surface area contributed by atoms with E-state index in [4.69, 9.17) is 4.52 Å². The van der Waals surface area contributed by atoms with Gasteiger partial charge in [-0.15, -0.1) is 0 Å². The van der Waals surface area contributed by atoms with Crippen molar-refractivity contribution in [3.05, 3.63) is 47.2 Å². The summed E-state index contributed by atoms with van der Waals surface area (Å²) in [6.45, 7) is 0.334. The standard InChI is InChI=1S/C18H14N6O2/c1-23-8-13-15(16-21-17(26-22-16)10-5-6-10)20-9-24(13)12-4-2-3-11(7-19)14(12)18(23)25/h2-4,9-10H,5-6,8H2,1H3. The van der Waals surface area contributed by atoms with Gasteiger partial charge in [0.2, 0.25) is 11.7 Å². The second-order valence-electron chi connectivity index (χ2n) is 6.61. The molecule has 1 aliphatic carbocycles. The Hall–Kier alpha value is -3.47. The summed E-state index contributed by atoms with van der Waals surface area (Å²) in [4.78, 5) is 23.4. The van der Waals surface area contributed by atoms with Crippen molar-refractivity contribution in [3.63, 3.8) is 0 Å². The lowest BCUT2D eigenvalue weighted by molar-refractivity contribution is 0.0788. The predicted molar refractivity (Wildman–Crippen MR) is 89.3 cm³/mol. The monoisotopic (exact) mass is 346 g/mol. The molecule has 1 fully saturated rings. The van der Waals surface area contributed by atoms with Crippen molar-refractivity contribution in [3.8, 4) is 23.3 Å². The van der Waals surface area contributed by atoms with Crippen molar-refractivity contribution in [2.24, 2.45) is 0 Å². The van der Waals surface area contributed by atoms with Gasteiger partial charge >= 0.3 is 0 Å². The van der Waals surface area contributed by atoms with Crippen LogP contribution in [0, 0.1) is 11.3 Å². The van der Waals surface area contributed by atoms with Gasteiger partial charge in [-0.1, -0.05) is 11.2 Å². The number of fused-ring (bicyclic) bond motifs is 3. The number of nitrogens with zero attached hydrogens (tertiary/aromatic N) is 6. The van der Waals surface area contributed by atoms with Crippen LogP contribution in [0.1, 0.15) is 46.3 Å². The third-order valence-electron chi connectivity index (χ3n) is 4.82. The average molecular weight is 346 g/mol. The van der Waals surface area contributed by atoms with Crippen LogP contribution >= 0.6 is 0 Å². The van der Waals surface area contributed by atoms with Crippen LogP contribution in [0.25, 0.3) is 17.2 Å². The SMILES string of the molecule is CN1Cc2c(-c3noc(C4CC4)n3)ncn2-c2cccc(C#N)c2C1=O. The summed E-state index contributed by atoms with van der Waals surface area (Å²) in [6.07, 6.45) is 3.79. The molecule has 1 saturated carbocycles. The lowest BCUT2D eigenvalue weighted by Gasteiger charge is -2.14. The molecule has 2 aromatic heterocycles. The molecule has 0 saturated heterocycles. The van der Waals surface area contributed by atoms with Gasteiger partial charge in [0.15, 0.2) is 0 Å². The maximum absolute atomic E-state index is 12.8. The number of rotatable bonds is 2. The Morgan fingerprint density at radius 1 is 1.35 bits per heavy atom. The van der Waals surface area contributed by atoms with Crippen LogP contribution in [0.4, 0.5) is 0 Å². The number of carbonyl (C=O) groups excluding carboxylic acids is 1. The Morgan fingerprint density at radius 3 is 2.96 bits per heavy atom. The molecule has 3 aromatic rings. The molecular formula is C18H14N6O2. The molecule has 0 radical (unpaired) electrons. The van der Waals surface area contributed by atoms with Crippen molar-refractivity contribution in [2.75, 3.05) is 7.05 Å². The molecular weight excluding hydrogens is 332 g/mol. The van der Waals surface area contributed by atoms with Gasteiger partial charge in [-0.25, -0.2) is 4.98 Å². The van der Waals surface area contributed by atoms with Gasteiger partial charge in [0, 0.05) is 13.0 Å². The number of hydrogen-bond donors (Lipinski definition) is 0. The summed E-state index contributed by atoms with van der Waals surface area (Å²) in [6, 6.07) is 7.33. The van der Waals surface area contributed by atoms with Gasteiger partial charge < -0.3 is 9.42 Å². The molecule has 8 heteroatoms. The van der Waals surface area contributed by atoms with Crippen LogP contribution in [0.5, 0.6) is 0 Å². The molecule has 0 unspecified atom stereocenters. The molecule has 3 heterocycles. The largest absolute Gasteiger partial charge is 0.339 e. The minimum atomic E-state index is -0.196. The maximum atomic E-state index is 12.8. The Labute approximate surface area is 148 Å². The Bertz CT molecular complexity index is 1090. The Morgan fingerprint density at radius 2 is 2.19 bits per heavy atom. The molecule has 8 nitrogen and oxygen atoms in total. The fourth-order valence-electron chi connectivity index (χ4n) is 3.29. The summed E-state index contributed by atoms with van der Waals surface area (Å²) in [7, 11) is 1.71. The van der Waals surface area contributed by atoms with Gasteiger partial charge in [0.1, 0.15) is 18.1 Å². The van der Waals surface area contributed by atoms with Crippen LogP contribution in [0.2, 0.25) is 0 Å². The van der Waals surface area contributed by atoms with E-state index < -0.39 is 0 Å². The van der Waals surface area contributed by atoms with Gasteiger partial charge in [-0.3, -0.25) is 9.36 Å². The minimum Gasteiger partial charge on any atom is -0.339 e. The van der Waals surface area contributed by atoms with E-state index in [0.717, 1.165) is 18.5 Å². The van der Waals surface area contributed by atoms with Crippen molar-refractivity contribution in [1.29, 1.82) is 5.26 Å². The lowest BCUT2D eigenvalue weighted by Crippen LogP contribution is -2.26. The molecule has 5 rings (SSSR count). The first kappa shape index (κ1) is 14.8. The summed E-state index contributed by atoms with van der Waals surface area (Å²) in [5.74, 6) is 1.24. The molecule has 26 heavy (non-hydrogen) atoms. The highest BCUT2D eigenvalue weighted by Gasteiger charge is 2.32. The number of benzene rings is 1. The van der Waals surface area contributed by atoms with Crippen LogP contribution in [0.3, 0.4) is 0 Å². The first-order chi connectivity index (χ1) is 12.7. The molecule has 1 amide bonds. The van der Waals surface area contributed by atoms with Gasteiger partial charge in [-0.05, 0) is 25.0 Å². The second kappa shape index (κ2) is 5.26. The Balaban J connectivity index is 1.70. The zero-order valence-corrected chi connectivity index (χ0v) is 14.0. The van der Waals surface area contributed by atoms with Gasteiger partial charge in [0.05, 0.1) is 29.1 Å². The quantitative estimate of drug-likeness (QED) is 0.705. The first-order valence-electron chi connectivity index (χ1n) is 8.36. The fourth-order valence-corrected chi connectivity index (χ4v) is 3.29. The van der Waals surface area contributed by atoms with Crippen molar-refractivity contribution < 1.29 is 9.32 Å². The molecule has 2 aliphatic rings. The maximum Gasteiger partial charge on any atom is 0.257 e. The third-order valence-corrected chi connectivity index (χ3v) is 4.82. The highest BCUT2D eigenvalue weighted by atomic mass is 16.5. The zero-order chi connectivity index (χ0) is 17.8. The molecule has 0 N–H and O–H groups in total. The fraction of sp³-hybridized carbons (Fsp3) is 0.278. The van der Waals surface area contributed by atoms with Gasteiger partial charge in [-0.2, -0.15) is 10.2 Å². The van der Waals surface area contributed by atoms with E-state index in [2.05, 4.69) is 21.2 Å². The lowest BCUT2D eigenvalue weighted by atomic mass is 10.1. The predicted octanol–water partition coefficient (Wildman–Crippen LogP) is 2.26. The normalized spacial score (nSPS) is 16.0. The van der Waals surface area contributed by atoms with E-state index in [1.54, 1.807) is 30.4 Å². The zero-order valence-electron chi connectivity index (χ0n) is 14.0. The van der Waals surface area contributed by atoms with E-state index in [0.29, 0.717) is 46.7 Å². The third kappa shape index (κ3) is 2.07. The summed E-state index contributed by atoms with van der Waals surface area (Å²) >= 11 is 0. The smallest absolute Gasteiger partial charge is 0.257 e. The van der Waals surface area contributed by atoms with Crippen LogP contribution in [-0.4, -0.2) is 37.5 Å². The number of hydrogen-bond acceptors (Lipinski definition) is 6. The highest BCUT2D eigenvalue weighted by Crippen LogP contribution is 2.40. The van der Waals surface area contributed by atoms with E-state index in [-0.39, 0.29) is 5.91 Å². The van der Waals surface area contributed by atoms with Gasteiger partial charge in [0.25, 0.3) is 5.91 Å². The van der Waals surface area contributed by atoms with Crippen molar-refractivity contribution in [1.82, 2.24) is 24.6 Å². The summed E-state index contributed by atoms with van der Waals surface area (Å²) in [5, 5.41) is 13.5. The van der Waals surface area contributed by atoms with Crippen molar-refractivity contribution >= 4 is 5.91 Å². The Kier molecular flexibility index (Phi) is 3.00. The van der Waals surface area contributed by atoms with Crippen LogP contribution in [0.15, 0.2) is 29.0 Å². The molecule has 128 valence electrons. The van der Waals surface area contributed by atoms with E-state index in [1.807, 2.05) is 10.6 Å². The average Bonchev–Trinajstić information content (AvgIpc) is 3.27.